The molecule has 2 aromatic carbocycles. The molecule has 0 bridgehead atoms. The summed E-state index contributed by atoms with van der Waals surface area (Å²) in [5.74, 6) is 2.96. The van der Waals surface area contributed by atoms with E-state index in [2.05, 4.69) is 17.2 Å². The third-order valence-electron chi connectivity index (χ3n) is 4.22. The molecule has 2 rings (SSSR count). The third-order valence-corrected chi connectivity index (χ3v) is 4.22. The molecule has 28 heavy (non-hydrogen) atoms. The van der Waals surface area contributed by atoms with E-state index in [-0.39, 0.29) is 0 Å². The Hall–Kier alpha value is -2.96. The number of azo groups is 1. The molecule has 0 aromatic heterocycles. The maximum Gasteiger partial charge on any atom is 0.203 e. The maximum absolute atomic E-state index is 5.96. The molecule has 0 saturated heterocycles. The molecule has 7 heteroatoms. The summed E-state index contributed by atoms with van der Waals surface area (Å²) in [5, 5.41) is 8.73. The molecule has 7 nitrogen and oxygen atoms in total. The predicted octanol–water partition coefficient (Wildman–Crippen LogP) is 5.62. The van der Waals surface area contributed by atoms with E-state index in [1.807, 2.05) is 19.1 Å². The number of rotatable bonds is 10. The number of hydrogen-bond donors (Lipinski definition) is 0. The van der Waals surface area contributed by atoms with Gasteiger partial charge in [-0.05, 0) is 25.5 Å². The molecule has 0 aliphatic heterocycles. The van der Waals surface area contributed by atoms with Gasteiger partial charge in [-0.15, -0.1) is 5.11 Å². The number of ether oxygens (including phenoxy) is 5. The van der Waals surface area contributed by atoms with Gasteiger partial charge in [-0.3, -0.25) is 0 Å². The Bertz CT molecular complexity index is 796. The lowest BCUT2D eigenvalue weighted by Gasteiger charge is -2.14. The molecule has 0 aliphatic carbocycles. The second-order valence-corrected chi connectivity index (χ2v) is 6.03. The fourth-order valence-corrected chi connectivity index (χ4v) is 2.70. The van der Waals surface area contributed by atoms with Crippen molar-refractivity contribution in [3.8, 4) is 28.7 Å². The van der Waals surface area contributed by atoms with E-state index >= 15 is 0 Å². The minimum atomic E-state index is 0.507. The number of benzene rings is 2. The summed E-state index contributed by atoms with van der Waals surface area (Å²) < 4.78 is 27.4. The van der Waals surface area contributed by atoms with Crippen LogP contribution in [0, 0.1) is 6.92 Å². The van der Waals surface area contributed by atoms with Crippen molar-refractivity contribution in [3.63, 3.8) is 0 Å². The molecule has 0 spiro atoms. The molecule has 0 heterocycles. The van der Waals surface area contributed by atoms with Crippen LogP contribution in [0.2, 0.25) is 0 Å². The molecule has 2 aromatic rings. The van der Waals surface area contributed by atoms with E-state index < -0.39 is 0 Å². The van der Waals surface area contributed by atoms with Crippen LogP contribution in [0.15, 0.2) is 34.5 Å². The lowest BCUT2D eigenvalue weighted by atomic mass is 10.1. The molecule has 0 N–H and O–H groups in total. The van der Waals surface area contributed by atoms with E-state index in [1.54, 1.807) is 40.6 Å². The van der Waals surface area contributed by atoms with Crippen LogP contribution in [-0.2, 0) is 0 Å². The van der Waals surface area contributed by atoms with Crippen LogP contribution in [0.25, 0.3) is 0 Å². The Morgan fingerprint density at radius 3 is 1.96 bits per heavy atom. The van der Waals surface area contributed by atoms with Gasteiger partial charge in [-0.1, -0.05) is 13.3 Å². The quantitative estimate of drug-likeness (QED) is 0.390. The highest BCUT2D eigenvalue weighted by Crippen LogP contribution is 2.42. The van der Waals surface area contributed by atoms with E-state index in [0.717, 1.165) is 24.2 Å². The van der Waals surface area contributed by atoms with Crippen LogP contribution in [-0.4, -0.2) is 35.0 Å². The SMILES string of the molecule is CCCCOc1c(N=Nc2cc(OC)c(OC)c(OC)c2)ccc(OC)c1C. The smallest absolute Gasteiger partial charge is 0.203 e. The first-order valence-corrected chi connectivity index (χ1v) is 9.11. The van der Waals surface area contributed by atoms with Gasteiger partial charge in [0.2, 0.25) is 5.75 Å². The van der Waals surface area contributed by atoms with Crippen LogP contribution in [0.5, 0.6) is 28.7 Å². The molecule has 0 amide bonds. The fraction of sp³-hybridized carbons (Fsp3) is 0.429. The van der Waals surface area contributed by atoms with Gasteiger partial charge < -0.3 is 23.7 Å². The van der Waals surface area contributed by atoms with Gasteiger partial charge >= 0.3 is 0 Å². The second-order valence-electron chi connectivity index (χ2n) is 6.03. The van der Waals surface area contributed by atoms with Crippen LogP contribution < -0.4 is 23.7 Å². The first kappa shape index (κ1) is 21.3. The average Bonchev–Trinajstić information content (AvgIpc) is 2.72. The zero-order valence-corrected chi connectivity index (χ0v) is 17.4. The molecule has 0 aliphatic rings. The minimum absolute atomic E-state index is 0.507. The van der Waals surface area contributed by atoms with Gasteiger partial charge in [0.25, 0.3) is 0 Å². The van der Waals surface area contributed by atoms with E-state index in [0.29, 0.717) is 41.0 Å². The number of unbranched alkanes of at least 4 members (excludes halogenated alkanes) is 1. The normalized spacial score (nSPS) is 10.8. The third kappa shape index (κ3) is 4.85. The molecule has 0 saturated carbocycles. The second kappa shape index (κ2) is 10.4. The summed E-state index contributed by atoms with van der Waals surface area (Å²) in [5.41, 5.74) is 2.09. The Labute approximate surface area is 166 Å². The lowest BCUT2D eigenvalue weighted by molar-refractivity contribution is 0.305. The van der Waals surface area contributed by atoms with Crippen molar-refractivity contribution in [1.82, 2.24) is 0 Å². The zero-order valence-electron chi connectivity index (χ0n) is 17.4. The summed E-state index contributed by atoms with van der Waals surface area (Å²) in [4.78, 5) is 0. The van der Waals surface area contributed by atoms with Crippen molar-refractivity contribution in [3.05, 3.63) is 29.8 Å². The Kier molecular flexibility index (Phi) is 7.92. The highest BCUT2D eigenvalue weighted by Gasteiger charge is 2.15. The Morgan fingerprint density at radius 2 is 1.43 bits per heavy atom. The first-order chi connectivity index (χ1) is 13.6. The Morgan fingerprint density at radius 1 is 0.786 bits per heavy atom. The van der Waals surface area contributed by atoms with E-state index in [4.69, 9.17) is 23.7 Å². The summed E-state index contributed by atoms with van der Waals surface area (Å²) in [6.45, 7) is 4.67. The highest BCUT2D eigenvalue weighted by molar-refractivity contribution is 5.62. The van der Waals surface area contributed by atoms with Gasteiger partial charge in [0.15, 0.2) is 17.2 Å². The molecule has 0 fully saturated rings. The molecule has 152 valence electrons. The van der Waals surface area contributed by atoms with Gasteiger partial charge in [0, 0.05) is 17.7 Å². The van der Waals surface area contributed by atoms with Crippen LogP contribution >= 0.6 is 0 Å². The predicted molar refractivity (Wildman–Crippen MR) is 108 cm³/mol. The van der Waals surface area contributed by atoms with Gasteiger partial charge in [-0.2, -0.15) is 5.11 Å². The molecular weight excluding hydrogens is 360 g/mol. The van der Waals surface area contributed by atoms with Gasteiger partial charge in [0.05, 0.1) is 40.7 Å². The molecule has 0 unspecified atom stereocenters. The maximum atomic E-state index is 5.96. The summed E-state index contributed by atoms with van der Waals surface area (Å²) in [7, 11) is 6.31. The van der Waals surface area contributed by atoms with Crippen LogP contribution in [0.3, 0.4) is 0 Å². The van der Waals surface area contributed by atoms with Crippen molar-refractivity contribution in [2.45, 2.75) is 26.7 Å². The molecular formula is C21H28N2O5. The van der Waals surface area contributed by atoms with Gasteiger partial charge in [0.1, 0.15) is 11.4 Å². The largest absolute Gasteiger partial charge is 0.496 e. The lowest BCUT2D eigenvalue weighted by Crippen LogP contribution is -2.00. The average molecular weight is 388 g/mol. The van der Waals surface area contributed by atoms with E-state index in [9.17, 15) is 0 Å². The van der Waals surface area contributed by atoms with Gasteiger partial charge in [-0.25, -0.2) is 0 Å². The summed E-state index contributed by atoms with van der Waals surface area (Å²) >= 11 is 0. The number of hydrogen-bond acceptors (Lipinski definition) is 7. The standard InChI is InChI=1S/C21H28N2O5/c1-7-8-11-28-20-14(2)17(24-3)10-9-16(20)23-22-15-12-18(25-4)21(27-6)19(13-15)26-5/h9-10,12-13H,7-8,11H2,1-6H3. The minimum Gasteiger partial charge on any atom is -0.496 e. The Balaban J connectivity index is 2.41. The fourth-order valence-electron chi connectivity index (χ4n) is 2.70. The molecule has 0 atom stereocenters. The van der Waals surface area contributed by atoms with Crippen molar-refractivity contribution >= 4 is 11.4 Å². The zero-order chi connectivity index (χ0) is 20.5. The van der Waals surface area contributed by atoms with Crippen LogP contribution in [0.1, 0.15) is 25.3 Å². The molecule has 0 radical (unpaired) electrons. The monoisotopic (exact) mass is 388 g/mol. The van der Waals surface area contributed by atoms with Crippen molar-refractivity contribution in [1.29, 1.82) is 0 Å². The van der Waals surface area contributed by atoms with E-state index in [1.165, 1.54) is 0 Å². The summed E-state index contributed by atoms with van der Waals surface area (Å²) in [6, 6.07) is 7.15. The van der Waals surface area contributed by atoms with Crippen molar-refractivity contribution < 1.29 is 23.7 Å². The van der Waals surface area contributed by atoms with Crippen molar-refractivity contribution in [2.24, 2.45) is 10.2 Å². The first-order valence-electron chi connectivity index (χ1n) is 9.11. The number of nitrogens with zero attached hydrogens (tertiary/aromatic N) is 2. The topological polar surface area (TPSA) is 70.9 Å². The van der Waals surface area contributed by atoms with Crippen LogP contribution in [0.4, 0.5) is 11.4 Å². The number of methoxy groups -OCH3 is 4. The summed E-state index contributed by atoms with van der Waals surface area (Å²) in [6.07, 6.45) is 2.01. The highest BCUT2D eigenvalue weighted by atomic mass is 16.5. The van der Waals surface area contributed by atoms with Crippen molar-refractivity contribution in [2.75, 3.05) is 35.0 Å².